The van der Waals surface area contributed by atoms with E-state index < -0.39 is 12.0 Å². The minimum Gasteiger partial charge on any atom is -0.493 e. The van der Waals surface area contributed by atoms with Crippen molar-refractivity contribution in [3.05, 3.63) is 53.1 Å². The molecule has 3 atom stereocenters. The predicted octanol–water partition coefficient (Wildman–Crippen LogP) is 3.63. The molecule has 0 spiro atoms. The number of benzene rings is 2. The van der Waals surface area contributed by atoms with Gasteiger partial charge in [-0.1, -0.05) is 12.1 Å². The van der Waals surface area contributed by atoms with E-state index in [2.05, 4.69) is 5.32 Å². The van der Waals surface area contributed by atoms with Gasteiger partial charge in [0.2, 0.25) is 5.91 Å². The molecule has 4 rings (SSSR count). The number of rotatable bonds is 7. The molecule has 0 bridgehead atoms. The molecule has 0 unspecified atom stereocenters. The Morgan fingerprint density at radius 3 is 2.48 bits per heavy atom. The predicted molar refractivity (Wildman–Crippen MR) is 127 cm³/mol. The molecule has 0 aromatic heterocycles. The van der Waals surface area contributed by atoms with Gasteiger partial charge in [-0.3, -0.25) is 9.59 Å². The molecule has 2 aliphatic rings. The lowest BCUT2D eigenvalue weighted by Crippen LogP contribution is -2.46. The van der Waals surface area contributed by atoms with Crippen molar-refractivity contribution >= 4 is 23.6 Å². The van der Waals surface area contributed by atoms with E-state index in [9.17, 15) is 9.59 Å². The molecule has 2 aromatic rings. The highest BCUT2D eigenvalue weighted by atomic mass is 32.2. The summed E-state index contributed by atoms with van der Waals surface area (Å²) in [6.07, 6.45) is 3.99. The molecule has 0 saturated carbocycles. The Labute approximate surface area is 198 Å². The summed E-state index contributed by atoms with van der Waals surface area (Å²) in [4.78, 5) is 29.8. The van der Waals surface area contributed by atoms with Gasteiger partial charge >= 0.3 is 0 Å². The average molecular weight is 471 g/mol. The molecule has 1 fully saturated rings. The minimum absolute atomic E-state index is 0.0288. The average Bonchev–Trinajstić information content (AvgIpc) is 3.37. The van der Waals surface area contributed by atoms with Crippen LogP contribution in [0.25, 0.3) is 0 Å². The van der Waals surface area contributed by atoms with Crippen LogP contribution in [0.2, 0.25) is 0 Å². The van der Waals surface area contributed by atoms with Crippen LogP contribution >= 0.6 is 11.8 Å². The van der Waals surface area contributed by atoms with E-state index in [1.54, 1.807) is 43.0 Å². The van der Waals surface area contributed by atoms with Gasteiger partial charge in [-0.25, -0.2) is 0 Å². The van der Waals surface area contributed by atoms with Gasteiger partial charge < -0.3 is 24.4 Å². The van der Waals surface area contributed by atoms with E-state index in [4.69, 9.17) is 14.2 Å². The fourth-order valence-corrected chi connectivity index (χ4v) is 5.09. The van der Waals surface area contributed by atoms with Crippen LogP contribution in [-0.4, -0.2) is 63.5 Å². The van der Waals surface area contributed by atoms with Crippen LogP contribution in [-0.2, 0) is 9.53 Å². The Morgan fingerprint density at radius 2 is 1.88 bits per heavy atom. The SMILES string of the molecule is COc1cc2c(cc1OC)[C@H](C(=O)NC[C@H]1CCCO1)[C@@H](c1ccc(SC)cc1)N(C)C2=O. The van der Waals surface area contributed by atoms with Crippen LogP contribution in [0.3, 0.4) is 0 Å². The summed E-state index contributed by atoms with van der Waals surface area (Å²) in [7, 11) is 4.82. The molecule has 2 amide bonds. The number of thioether (sulfide) groups is 1. The summed E-state index contributed by atoms with van der Waals surface area (Å²) >= 11 is 1.65. The maximum atomic E-state index is 13.6. The molecule has 33 heavy (non-hydrogen) atoms. The van der Waals surface area contributed by atoms with E-state index in [-0.39, 0.29) is 17.9 Å². The molecule has 0 radical (unpaired) electrons. The second-order valence-corrected chi connectivity index (χ2v) is 9.17. The fourth-order valence-electron chi connectivity index (χ4n) is 4.68. The Bertz CT molecular complexity index is 1020. The van der Waals surface area contributed by atoms with Gasteiger partial charge in [0.1, 0.15) is 0 Å². The zero-order valence-corrected chi connectivity index (χ0v) is 20.2. The number of amides is 2. The van der Waals surface area contributed by atoms with Crippen molar-refractivity contribution in [2.45, 2.75) is 35.8 Å². The smallest absolute Gasteiger partial charge is 0.254 e. The Hall–Kier alpha value is -2.71. The Balaban J connectivity index is 1.78. The molecular formula is C25H30N2O5S. The topological polar surface area (TPSA) is 77.1 Å². The van der Waals surface area contributed by atoms with Crippen molar-refractivity contribution < 1.29 is 23.8 Å². The van der Waals surface area contributed by atoms with E-state index in [1.165, 1.54) is 7.11 Å². The summed E-state index contributed by atoms with van der Waals surface area (Å²) < 4.78 is 16.6. The number of nitrogens with one attached hydrogen (secondary N) is 1. The molecule has 1 N–H and O–H groups in total. The summed E-state index contributed by atoms with van der Waals surface area (Å²) in [5.74, 6) is 0.0377. The molecule has 2 aromatic carbocycles. The highest BCUT2D eigenvalue weighted by Crippen LogP contribution is 2.45. The Morgan fingerprint density at radius 1 is 1.18 bits per heavy atom. The lowest BCUT2D eigenvalue weighted by atomic mass is 9.79. The quantitative estimate of drug-likeness (QED) is 0.623. The number of ether oxygens (including phenoxy) is 3. The van der Waals surface area contributed by atoms with Crippen molar-refractivity contribution in [3.8, 4) is 11.5 Å². The second-order valence-electron chi connectivity index (χ2n) is 8.29. The lowest BCUT2D eigenvalue weighted by molar-refractivity contribution is -0.124. The normalized spacial score (nSPS) is 22.1. The number of carbonyl (C=O) groups excluding carboxylic acids is 2. The number of fused-ring (bicyclic) bond motifs is 1. The zero-order chi connectivity index (χ0) is 23.5. The standard InChI is InChI=1S/C25H30N2O5S/c1-27-23(15-7-9-17(33-4)10-8-15)22(24(28)26-14-16-6-5-11-32-16)18-12-20(30-2)21(31-3)13-19(18)25(27)29/h7-10,12-13,16,22-23H,5-6,11,14H2,1-4H3,(H,26,28)/t16-,22+,23-/m1/s1. The highest BCUT2D eigenvalue weighted by Gasteiger charge is 2.43. The van der Waals surface area contributed by atoms with Crippen LogP contribution < -0.4 is 14.8 Å². The maximum absolute atomic E-state index is 13.6. The number of methoxy groups -OCH3 is 2. The fraction of sp³-hybridized carbons (Fsp3) is 0.440. The molecule has 0 aliphatic carbocycles. The van der Waals surface area contributed by atoms with Crippen LogP contribution in [0.4, 0.5) is 0 Å². The molecule has 176 valence electrons. The molecule has 1 saturated heterocycles. The third-order valence-electron chi connectivity index (χ3n) is 6.44. The van der Waals surface area contributed by atoms with Crippen molar-refractivity contribution in [2.24, 2.45) is 0 Å². The third-order valence-corrected chi connectivity index (χ3v) is 7.19. The molecule has 2 aliphatic heterocycles. The van der Waals surface area contributed by atoms with Crippen molar-refractivity contribution in [1.82, 2.24) is 10.2 Å². The molecule has 8 heteroatoms. The first-order valence-electron chi connectivity index (χ1n) is 11.0. The van der Waals surface area contributed by atoms with Gasteiger partial charge in [-0.15, -0.1) is 11.8 Å². The first-order chi connectivity index (χ1) is 16.0. The lowest BCUT2D eigenvalue weighted by Gasteiger charge is -2.40. The van der Waals surface area contributed by atoms with Gasteiger partial charge in [0, 0.05) is 30.7 Å². The van der Waals surface area contributed by atoms with Crippen LogP contribution in [0, 0.1) is 0 Å². The summed E-state index contributed by atoms with van der Waals surface area (Å²) in [5, 5.41) is 3.08. The Kier molecular flexibility index (Phi) is 7.14. The van der Waals surface area contributed by atoms with Crippen molar-refractivity contribution in [1.29, 1.82) is 0 Å². The number of nitrogens with zero attached hydrogens (tertiary/aromatic N) is 1. The van der Waals surface area contributed by atoms with Gasteiger partial charge in [-0.2, -0.15) is 0 Å². The van der Waals surface area contributed by atoms with E-state index in [0.29, 0.717) is 29.2 Å². The molecule has 2 heterocycles. The molecule has 7 nitrogen and oxygen atoms in total. The number of hydrogen-bond donors (Lipinski definition) is 1. The van der Waals surface area contributed by atoms with E-state index in [1.807, 2.05) is 30.5 Å². The first-order valence-corrected chi connectivity index (χ1v) is 12.3. The van der Waals surface area contributed by atoms with Crippen LogP contribution in [0.15, 0.2) is 41.3 Å². The zero-order valence-electron chi connectivity index (χ0n) is 19.4. The maximum Gasteiger partial charge on any atom is 0.254 e. The van der Waals surface area contributed by atoms with Gasteiger partial charge in [0.05, 0.1) is 32.3 Å². The first kappa shape index (κ1) is 23.4. The monoisotopic (exact) mass is 470 g/mol. The third kappa shape index (κ3) is 4.54. The van der Waals surface area contributed by atoms with E-state index >= 15 is 0 Å². The van der Waals surface area contributed by atoms with Crippen molar-refractivity contribution in [3.63, 3.8) is 0 Å². The number of likely N-dealkylation sites (N-methyl/N-ethyl adjacent to an activating group) is 1. The minimum atomic E-state index is -0.607. The second kappa shape index (κ2) is 10.1. The summed E-state index contributed by atoms with van der Waals surface area (Å²) in [6.45, 7) is 1.18. The van der Waals surface area contributed by atoms with Crippen LogP contribution in [0.1, 0.15) is 46.3 Å². The molecular weight excluding hydrogens is 440 g/mol. The number of carbonyl (C=O) groups is 2. The number of hydrogen-bond acceptors (Lipinski definition) is 6. The summed E-state index contributed by atoms with van der Waals surface area (Å²) in [5.41, 5.74) is 1.99. The largest absolute Gasteiger partial charge is 0.493 e. The van der Waals surface area contributed by atoms with Gasteiger partial charge in [-0.05, 0) is 54.5 Å². The summed E-state index contributed by atoms with van der Waals surface area (Å²) in [6, 6.07) is 11.0. The van der Waals surface area contributed by atoms with Gasteiger partial charge in [0.25, 0.3) is 5.91 Å². The van der Waals surface area contributed by atoms with Crippen LogP contribution in [0.5, 0.6) is 11.5 Å². The van der Waals surface area contributed by atoms with Gasteiger partial charge in [0.15, 0.2) is 11.5 Å². The van der Waals surface area contributed by atoms with Crippen molar-refractivity contribution in [2.75, 3.05) is 40.7 Å². The highest BCUT2D eigenvalue weighted by molar-refractivity contribution is 7.98. The van der Waals surface area contributed by atoms with E-state index in [0.717, 1.165) is 29.9 Å².